The minimum absolute atomic E-state index is 0.0424. The Kier molecular flexibility index (Phi) is 10.7. The summed E-state index contributed by atoms with van der Waals surface area (Å²) in [5, 5.41) is 3.52. The van der Waals surface area contributed by atoms with Gasteiger partial charge < -0.3 is 10.2 Å². The van der Waals surface area contributed by atoms with E-state index in [0.717, 1.165) is 21.0 Å². The third kappa shape index (κ3) is 9.19. The van der Waals surface area contributed by atoms with Gasteiger partial charge in [-0.1, -0.05) is 89.5 Å². The van der Waals surface area contributed by atoms with Crippen LogP contribution < -0.4 is 9.62 Å². The standard InChI is InChI=1S/C36H40ClN3O4S/c1-26-14-18-31(19-15-26)40(45(43,44)32-20-16-27(2)17-21-32)25-34(41)39(24-29-12-9-13-30(37)22-29)33(35(42)38-36(3,4)5)23-28-10-7-6-8-11-28/h6-22,33H,23-25H2,1-5H3,(H,38,42)/t33-/m0/s1. The molecule has 1 atom stereocenters. The lowest BCUT2D eigenvalue weighted by molar-refractivity contribution is -0.140. The maximum absolute atomic E-state index is 14.5. The van der Waals surface area contributed by atoms with Crippen molar-refractivity contribution in [1.82, 2.24) is 10.2 Å². The minimum Gasteiger partial charge on any atom is -0.350 e. The van der Waals surface area contributed by atoms with Crippen LogP contribution >= 0.6 is 11.6 Å². The molecule has 7 nitrogen and oxygen atoms in total. The first-order valence-corrected chi connectivity index (χ1v) is 16.6. The molecule has 0 unspecified atom stereocenters. The number of halogens is 1. The van der Waals surface area contributed by atoms with Crippen molar-refractivity contribution in [3.05, 3.63) is 130 Å². The van der Waals surface area contributed by atoms with Gasteiger partial charge in [-0.2, -0.15) is 0 Å². The van der Waals surface area contributed by atoms with Gasteiger partial charge in [-0.05, 0) is 82.1 Å². The zero-order valence-corrected chi connectivity index (χ0v) is 27.9. The van der Waals surface area contributed by atoms with Gasteiger partial charge in [0.1, 0.15) is 12.6 Å². The van der Waals surface area contributed by atoms with Crippen molar-refractivity contribution in [2.45, 2.75) is 64.1 Å². The van der Waals surface area contributed by atoms with Gasteiger partial charge in [0.05, 0.1) is 10.6 Å². The molecule has 2 amide bonds. The second-order valence-corrected chi connectivity index (χ2v) is 14.6. The van der Waals surface area contributed by atoms with E-state index in [-0.39, 0.29) is 23.8 Å². The van der Waals surface area contributed by atoms with Crippen molar-refractivity contribution in [3.63, 3.8) is 0 Å². The summed E-state index contributed by atoms with van der Waals surface area (Å²) in [5.74, 6) is -0.874. The molecule has 1 N–H and O–H groups in total. The Bertz CT molecular complexity index is 1720. The predicted molar refractivity (Wildman–Crippen MR) is 181 cm³/mol. The van der Waals surface area contributed by atoms with Crippen LogP contribution in [0, 0.1) is 13.8 Å². The Morgan fingerprint density at radius 3 is 1.96 bits per heavy atom. The highest BCUT2D eigenvalue weighted by Crippen LogP contribution is 2.26. The molecule has 0 spiro atoms. The molecule has 0 radical (unpaired) electrons. The van der Waals surface area contributed by atoms with E-state index in [4.69, 9.17) is 11.6 Å². The number of sulfonamides is 1. The maximum Gasteiger partial charge on any atom is 0.264 e. The van der Waals surface area contributed by atoms with E-state index >= 15 is 0 Å². The Labute approximate surface area is 271 Å². The van der Waals surface area contributed by atoms with Crippen molar-refractivity contribution in [3.8, 4) is 0 Å². The molecule has 0 aliphatic heterocycles. The third-order valence-corrected chi connectivity index (χ3v) is 9.24. The molecule has 0 aromatic heterocycles. The lowest BCUT2D eigenvalue weighted by Gasteiger charge is -2.35. The summed E-state index contributed by atoms with van der Waals surface area (Å²) in [7, 11) is -4.16. The van der Waals surface area contributed by atoms with Gasteiger partial charge in [-0.15, -0.1) is 0 Å². The summed E-state index contributed by atoms with van der Waals surface area (Å²) < 4.78 is 29.4. The highest BCUT2D eigenvalue weighted by molar-refractivity contribution is 7.92. The number of hydrogen-bond acceptors (Lipinski definition) is 4. The Balaban J connectivity index is 1.81. The number of anilines is 1. The number of benzene rings is 4. The van der Waals surface area contributed by atoms with Gasteiger partial charge in [0.15, 0.2) is 0 Å². The first-order valence-electron chi connectivity index (χ1n) is 14.8. The van der Waals surface area contributed by atoms with Crippen LogP contribution in [-0.2, 0) is 32.6 Å². The molecule has 0 aliphatic rings. The second kappa shape index (κ2) is 14.3. The zero-order valence-electron chi connectivity index (χ0n) is 26.3. The Morgan fingerprint density at radius 2 is 1.38 bits per heavy atom. The molecule has 4 aromatic carbocycles. The number of amides is 2. The molecule has 0 fully saturated rings. The predicted octanol–water partition coefficient (Wildman–Crippen LogP) is 6.71. The maximum atomic E-state index is 14.5. The van der Waals surface area contributed by atoms with Crippen molar-refractivity contribution in [1.29, 1.82) is 0 Å². The highest BCUT2D eigenvalue weighted by Gasteiger charge is 2.35. The van der Waals surface area contributed by atoms with E-state index in [2.05, 4.69) is 5.32 Å². The number of nitrogens with zero attached hydrogens (tertiary/aromatic N) is 2. The zero-order chi connectivity index (χ0) is 32.8. The largest absolute Gasteiger partial charge is 0.350 e. The summed E-state index contributed by atoms with van der Waals surface area (Å²) in [5.41, 5.74) is 3.20. The van der Waals surface area contributed by atoms with E-state index in [0.29, 0.717) is 16.3 Å². The smallest absolute Gasteiger partial charge is 0.264 e. The molecular weight excluding hydrogens is 606 g/mol. The van der Waals surface area contributed by atoms with E-state index < -0.39 is 34.1 Å². The molecule has 0 saturated heterocycles. The van der Waals surface area contributed by atoms with E-state index in [1.807, 2.05) is 71.0 Å². The second-order valence-electron chi connectivity index (χ2n) is 12.3. The lowest BCUT2D eigenvalue weighted by Crippen LogP contribution is -2.56. The van der Waals surface area contributed by atoms with Gasteiger partial charge in [-0.3, -0.25) is 13.9 Å². The summed E-state index contributed by atoms with van der Waals surface area (Å²) in [6.07, 6.45) is 0.226. The number of carbonyl (C=O) groups excluding carboxylic acids is 2. The number of aryl methyl sites for hydroxylation is 2. The van der Waals surface area contributed by atoms with Gasteiger partial charge in [0.2, 0.25) is 11.8 Å². The summed E-state index contributed by atoms with van der Waals surface area (Å²) >= 11 is 6.31. The number of rotatable bonds is 11. The molecule has 236 valence electrons. The van der Waals surface area contributed by atoms with Crippen LogP contribution in [0.5, 0.6) is 0 Å². The molecule has 0 aliphatic carbocycles. The number of nitrogens with one attached hydrogen (secondary N) is 1. The van der Waals surface area contributed by atoms with Gasteiger partial charge >= 0.3 is 0 Å². The fourth-order valence-electron chi connectivity index (χ4n) is 4.92. The summed E-state index contributed by atoms with van der Waals surface area (Å²) in [6.45, 7) is 8.93. The van der Waals surface area contributed by atoms with Crippen LogP contribution in [0.25, 0.3) is 0 Å². The monoisotopic (exact) mass is 645 g/mol. The van der Waals surface area contributed by atoms with Crippen LogP contribution in [-0.4, -0.2) is 43.3 Å². The first-order chi connectivity index (χ1) is 21.2. The molecule has 45 heavy (non-hydrogen) atoms. The first kappa shape index (κ1) is 33.7. The van der Waals surface area contributed by atoms with Crippen LogP contribution in [0.4, 0.5) is 5.69 Å². The molecule has 4 rings (SSSR count). The van der Waals surface area contributed by atoms with Gasteiger partial charge in [0, 0.05) is 23.5 Å². The number of hydrogen-bond donors (Lipinski definition) is 1. The summed E-state index contributed by atoms with van der Waals surface area (Å²) in [6, 6.07) is 29.1. The third-order valence-electron chi connectivity index (χ3n) is 7.22. The van der Waals surface area contributed by atoms with E-state index in [9.17, 15) is 18.0 Å². The van der Waals surface area contributed by atoms with E-state index in [1.54, 1.807) is 54.6 Å². The molecule has 9 heteroatoms. The molecule has 4 aromatic rings. The fraction of sp³-hybridized carbons (Fsp3) is 0.278. The van der Waals surface area contributed by atoms with Crippen molar-refractivity contribution in [2.24, 2.45) is 0 Å². The Morgan fingerprint density at radius 1 is 0.800 bits per heavy atom. The van der Waals surface area contributed by atoms with Crippen LogP contribution in [0.3, 0.4) is 0 Å². The SMILES string of the molecule is Cc1ccc(N(CC(=O)N(Cc2cccc(Cl)c2)[C@@H](Cc2ccccc2)C(=O)NC(C)(C)C)S(=O)(=O)c2ccc(C)cc2)cc1. The highest BCUT2D eigenvalue weighted by atomic mass is 35.5. The van der Waals surface area contributed by atoms with Gasteiger partial charge in [0.25, 0.3) is 10.0 Å². The van der Waals surface area contributed by atoms with Crippen LogP contribution in [0.15, 0.2) is 108 Å². The van der Waals surface area contributed by atoms with Crippen LogP contribution in [0.1, 0.15) is 43.0 Å². The normalized spacial score (nSPS) is 12.3. The number of carbonyl (C=O) groups is 2. The van der Waals surface area contributed by atoms with Gasteiger partial charge in [-0.25, -0.2) is 8.42 Å². The average Bonchev–Trinajstić information content (AvgIpc) is 2.98. The minimum atomic E-state index is -4.16. The molecular formula is C36H40ClN3O4S. The molecule has 0 heterocycles. The van der Waals surface area contributed by atoms with E-state index in [1.165, 1.54) is 17.0 Å². The molecule has 0 saturated carbocycles. The van der Waals surface area contributed by atoms with Crippen molar-refractivity contribution >= 4 is 39.1 Å². The topological polar surface area (TPSA) is 86.8 Å². The summed E-state index contributed by atoms with van der Waals surface area (Å²) in [4.78, 5) is 30.0. The van der Waals surface area contributed by atoms with Crippen LogP contribution in [0.2, 0.25) is 5.02 Å². The van der Waals surface area contributed by atoms with Crippen molar-refractivity contribution in [2.75, 3.05) is 10.8 Å². The fourth-order valence-corrected chi connectivity index (χ4v) is 6.54. The Hall–Kier alpha value is -4.14. The van der Waals surface area contributed by atoms with Crippen molar-refractivity contribution < 1.29 is 18.0 Å². The molecule has 0 bridgehead atoms. The average molecular weight is 646 g/mol. The lowest BCUT2D eigenvalue weighted by atomic mass is 10.0. The quantitative estimate of drug-likeness (QED) is 0.197.